The first-order valence-corrected chi connectivity index (χ1v) is 5.54. The lowest BCUT2D eigenvalue weighted by Crippen LogP contribution is -2.21. The van der Waals surface area contributed by atoms with E-state index in [1.165, 1.54) is 0 Å². The van der Waals surface area contributed by atoms with Gasteiger partial charge in [-0.2, -0.15) is 0 Å². The number of nitrogens with one attached hydrogen (secondary N) is 1. The van der Waals surface area contributed by atoms with Crippen LogP contribution in [0, 0.1) is 0 Å². The van der Waals surface area contributed by atoms with E-state index in [0.29, 0.717) is 0 Å². The number of anilines is 2. The Balaban J connectivity index is 2.53. The van der Waals surface area contributed by atoms with Crippen LogP contribution in [0.4, 0.5) is 11.6 Å². The van der Waals surface area contributed by atoms with Gasteiger partial charge in [-0.3, -0.25) is 0 Å². The van der Waals surface area contributed by atoms with Crippen LogP contribution in [0.25, 0.3) is 0 Å². The Kier molecular flexibility index (Phi) is 5.56. The smallest absolute Gasteiger partial charge is 0.133 e. The third-order valence-corrected chi connectivity index (χ3v) is 2.24. The third-order valence-electron chi connectivity index (χ3n) is 2.24. The van der Waals surface area contributed by atoms with Crippen molar-refractivity contribution in [1.29, 1.82) is 0 Å². The van der Waals surface area contributed by atoms with Gasteiger partial charge >= 0.3 is 0 Å². The summed E-state index contributed by atoms with van der Waals surface area (Å²) >= 11 is 0. The number of hydrogen-bond donors (Lipinski definition) is 1. The molecule has 0 spiro atoms. The van der Waals surface area contributed by atoms with Gasteiger partial charge in [0.1, 0.15) is 18.0 Å². The first kappa shape index (κ1) is 12.7. The number of methoxy groups -OCH3 is 1. The highest BCUT2D eigenvalue weighted by atomic mass is 16.5. The maximum Gasteiger partial charge on any atom is 0.133 e. The zero-order valence-electron chi connectivity index (χ0n) is 10.2. The van der Waals surface area contributed by atoms with E-state index in [4.69, 9.17) is 4.74 Å². The van der Waals surface area contributed by atoms with Crippen LogP contribution in [0.2, 0.25) is 0 Å². The van der Waals surface area contributed by atoms with E-state index in [2.05, 4.69) is 20.2 Å². The van der Waals surface area contributed by atoms with Gasteiger partial charge in [0.25, 0.3) is 0 Å². The summed E-state index contributed by atoms with van der Waals surface area (Å²) in [4.78, 5) is 10.5. The summed E-state index contributed by atoms with van der Waals surface area (Å²) in [7, 11) is 3.74. The summed E-state index contributed by atoms with van der Waals surface area (Å²) in [5.74, 6) is 1.80. The summed E-state index contributed by atoms with van der Waals surface area (Å²) in [6, 6.07) is 1.95. The van der Waals surface area contributed by atoms with Crippen molar-refractivity contribution in [3.63, 3.8) is 0 Å². The summed E-state index contributed by atoms with van der Waals surface area (Å²) in [5.41, 5.74) is 0. The van der Waals surface area contributed by atoms with Crippen molar-refractivity contribution < 1.29 is 4.74 Å². The predicted octanol–water partition coefficient (Wildman–Crippen LogP) is 1.38. The second-order valence-corrected chi connectivity index (χ2v) is 3.56. The number of ether oxygens (including phenoxy) is 1. The van der Waals surface area contributed by atoms with Crippen LogP contribution in [0.3, 0.4) is 0 Å². The van der Waals surface area contributed by atoms with Crippen molar-refractivity contribution in [1.82, 2.24) is 9.97 Å². The Morgan fingerprint density at radius 3 is 2.94 bits per heavy atom. The molecule has 1 aromatic heterocycles. The third kappa shape index (κ3) is 4.02. The SMILES string of the molecule is CCNc1cc(N(C)CCCOC)ncn1. The van der Waals surface area contributed by atoms with Crippen LogP contribution in [-0.4, -0.2) is 43.8 Å². The minimum absolute atomic E-state index is 0.773. The highest BCUT2D eigenvalue weighted by molar-refractivity contribution is 5.47. The van der Waals surface area contributed by atoms with Gasteiger partial charge in [0, 0.05) is 39.9 Å². The Morgan fingerprint density at radius 2 is 2.25 bits per heavy atom. The van der Waals surface area contributed by atoms with Gasteiger partial charge in [-0.05, 0) is 13.3 Å². The minimum atomic E-state index is 0.773. The minimum Gasteiger partial charge on any atom is -0.385 e. The van der Waals surface area contributed by atoms with Gasteiger partial charge in [0.15, 0.2) is 0 Å². The average molecular weight is 224 g/mol. The summed E-state index contributed by atoms with van der Waals surface area (Å²) in [6.07, 6.45) is 2.58. The molecule has 0 unspecified atom stereocenters. The predicted molar refractivity (Wildman–Crippen MR) is 66.0 cm³/mol. The molecule has 0 atom stereocenters. The zero-order valence-corrected chi connectivity index (χ0v) is 10.2. The molecule has 0 fully saturated rings. The van der Waals surface area contributed by atoms with E-state index in [0.717, 1.165) is 37.8 Å². The van der Waals surface area contributed by atoms with E-state index >= 15 is 0 Å². The molecule has 0 radical (unpaired) electrons. The normalized spacial score (nSPS) is 10.2. The molecular formula is C11H20N4O. The van der Waals surface area contributed by atoms with Crippen LogP contribution in [0.15, 0.2) is 12.4 Å². The second-order valence-electron chi connectivity index (χ2n) is 3.56. The van der Waals surface area contributed by atoms with E-state index in [1.807, 2.05) is 20.0 Å². The van der Waals surface area contributed by atoms with E-state index in [1.54, 1.807) is 13.4 Å². The van der Waals surface area contributed by atoms with Crippen molar-refractivity contribution in [2.24, 2.45) is 0 Å². The molecule has 0 aliphatic heterocycles. The number of aromatic nitrogens is 2. The fourth-order valence-electron chi connectivity index (χ4n) is 1.39. The number of rotatable bonds is 7. The molecule has 0 saturated carbocycles. The molecule has 1 N–H and O–H groups in total. The van der Waals surface area contributed by atoms with Gasteiger partial charge in [-0.25, -0.2) is 9.97 Å². The molecule has 5 heteroatoms. The second kappa shape index (κ2) is 7.00. The molecule has 90 valence electrons. The Labute approximate surface area is 96.8 Å². The van der Waals surface area contributed by atoms with Crippen molar-refractivity contribution in [3.05, 3.63) is 12.4 Å². The van der Waals surface area contributed by atoms with Gasteiger partial charge < -0.3 is 15.0 Å². The van der Waals surface area contributed by atoms with Gasteiger partial charge in [-0.15, -0.1) is 0 Å². The van der Waals surface area contributed by atoms with Gasteiger partial charge in [-0.1, -0.05) is 0 Å². The average Bonchev–Trinajstić information content (AvgIpc) is 2.30. The molecule has 0 bridgehead atoms. The van der Waals surface area contributed by atoms with Gasteiger partial charge in [0.2, 0.25) is 0 Å². The first-order chi connectivity index (χ1) is 7.77. The largest absolute Gasteiger partial charge is 0.385 e. The highest BCUT2D eigenvalue weighted by Gasteiger charge is 2.03. The number of nitrogens with zero attached hydrogens (tertiary/aromatic N) is 3. The van der Waals surface area contributed by atoms with Crippen LogP contribution < -0.4 is 10.2 Å². The molecule has 1 aromatic rings. The lowest BCUT2D eigenvalue weighted by molar-refractivity contribution is 0.196. The molecule has 0 saturated heterocycles. The Hall–Kier alpha value is -1.36. The first-order valence-electron chi connectivity index (χ1n) is 5.54. The molecule has 0 aliphatic rings. The number of hydrogen-bond acceptors (Lipinski definition) is 5. The lowest BCUT2D eigenvalue weighted by atomic mass is 10.4. The monoisotopic (exact) mass is 224 g/mol. The molecule has 0 aromatic carbocycles. The van der Waals surface area contributed by atoms with E-state index in [9.17, 15) is 0 Å². The summed E-state index contributed by atoms with van der Waals surface area (Å²) in [5, 5.41) is 3.17. The lowest BCUT2D eigenvalue weighted by Gasteiger charge is -2.18. The van der Waals surface area contributed by atoms with Crippen molar-refractivity contribution >= 4 is 11.6 Å². The standard InChI is InChI=1S/C11H20N4O/c1-4-12-10-8-11(14-9-13-10)15(2)6-5-7-16-3/h8-9H,4-7H2,1-3H3,(H,12,13,14). The zero-order chi connectivity index (χ0) is 11.8. The van der Waals surface area contributed by atoms with Crippen molar-refractivity contribution in [3.8, 4) is 0 Å². The molecule has 16 heavy (non-hydrogen) atoms. The highest BCUT2D eigenvalue weighted by Crippen LogP contribution is 2.12. The topological polar surface area (TPSA) is 50.3 Å². The maximum absolute atomic E-state index is 5.02. The van der Waals surface area contributed by atoms with Crippen LogP contribution in [-0.2, 0) is 4.74 Å². The molecule has 0 amide bonds. The summed E-state index contributed by atoms with van der Waals surface area (Å²) < 4.78 is 5.02. The Bertz CT molecular complexity index is 306. The molecular weight excluding hydrogens is 204 g/mol. The molecule has 1 rings (SSSR count). The molecule has 0 aliphatic carbocycles. The van der Waals surface area contributed by atoms with Crippen LogP contribution >= 0.6 is 0 Å². The quantitative estimate of drug-likeness (QED) is 0.709. The van der Waals surface area contributed by atoms with Crippen molar-refractivity contribution in [2.75, 3.05) is 44.1 Å². The van der Waals surface area contributed by atoms with E-state index in [-0.39, 0.29) is 0 Å². The van der Waals surface area contributed by atoms with Crippen LogP contribution in [0.1, 0.15) is 13.3 Å². The summed E-state index contributed by atoms with van der Waals surface area (Å²) in [6.45, 7) is 4.61. The maximum atomic E-state index is 5.02. The van der Waals surface area contributed by atoms with E-state index < -0.39 is 0 Å². The fraction of sp³-hybridized carbons (Fsp3) is 0.636. The van der Waals surface area contributed by atoms with Gasteiger partial charge in [0.05, 0.1) is 0 Å². The van der Waals surface area contributed by atoms with Crippen LogP contribution in [0.5, 0.6) is 0 Å². The Morgan fingerprint density at radius 1 is 1.44 bits per heavy atom. The molecule has 1 heterocycles. The molecule has 5 nitrogen and oxygen atoms in total. The fourth-order valence-corrected chi connectivity index (χ4v) is 1.39. The van der Waals surface area contributed by atoms with Crippen molar-refractivity contribution in [2.45, 2.75) is 13.3 Å².